The molecule has 0 heteroatoms. The lowest BCUT2D eigenvalue weighted by molar-refractivity contribution is 1.68. The van der Waals surface area contributed by atoms with E-state index in [1.165, 1.54) is 0 Å². The second kappa shape index (κ2) is 8.30. The largest absolute Gasteiger partial charge is 0.0636 e. The molecule has 0 N–H and O–H groups in total. The third kappa shape index (κ3) is 3.17. The molecular weight excluding hydrogens is 456 g/mol. The Bertz CT molecular complexity index is 3420. The molecule has 0 saturated carbocycles. The van der Waals surface area contributed by atoms with Gasteiger partial charge in [0.1, 0.15) is 0 Å². The third-order valence-corrected chi connectivity index (χ3v) is 6.19. The zero-order valence-corrected chi connectivity index (χ0v) is 19.0. The molecule has 0 unspecified atom stereocenters. The molecule has 0 fully saturated rings. The van der Waals surface area contributed by atoms with Crippen molar-refractivity contribution >= 4 is 53.9 Å². The monoisotopic (exact) mass is 504 g/mol. The van der Waals surface area contributed by atoms with Crippen molar-refractivity contribution in [1.82, 2.24) is 0 Å². The second-order valence-corrected chi connectivity index (χ2v) is 8.25. The van der Waals surface area contributed by atoms with Crippen LogP contribution in [0.1, 0.15) is 32.9 Å². The van der Waals surface area contributed by atoms with Crippen LogP contribution >= 0.6 is 0 Å². The first-order valence-corrected chi connectivity index (χ1v) is 11.2. The van der Waals surface area contributed by atoms with Crippen molar-refractivity contribution < 1.29 is 32.9 Å². The van der Waals surface area contributed by atoms with Crippen LogP contribution in [0, 0.1) is 0 Å². The predicted octanol–water partition coefficient (Wildman–Crippen LogP) is 10.8. The lowest BCUT2D eigenvalue weighted by atomic mass is 9.85. The molecule has 38 heavy (non-hydrogen) atoms. The van der Waals surface area contributed by atoms with Crippen LogP contribution in [0.3, 0.4) is 0 Å². The maximum atomic E-state index is 9.58. The summed E-state index contributed by atoms with van der Waals surface area (Å²) in [5.74, 6) is 0. The van der Waals surface area contributed by atoms with Gasteiger partial charge in [0.05, 0.1) is 32.9 Å². The average molecular weight is 505 g/mol. The number of hydrogen-bond donors (Lipinski definition) is 0. The molecule has 0 aliphatic carbocycles. The minimum atomic E-state index is -0.957. The Morgan fingerprint density at radius 2 is 0.684 bits per heavy atom. The summed E-state index contributed by atoms with van der Waals surface area (Å²) < 4.78 is 213. The summed E-state index contributed by atoms with van der Waals surface area (Å²) in [6.45, 7) is 0. The fourth-order valence-corrected chi connectivity index (χ4v) is 4.56. The highest BCUT2D eigenvalue weighted by Crippen LogP contribution is 2.44. The molecule has 0 aliphatic rings. The van der Waals surface area contributed by atoms with Crippen LogP contribution in [0.25, 0.3) is 76.1 Å². The fourth-order valence-electron chi connectivity index (χ4n) is 4.56. The van der Waals surface area contributed by atoms with Crippen molar-refractivity contribution in [3.05, 3.63) is 145 Å². The Labute approximate surface area is 255 Å². The van der Waals surface area contributed by atoms with E-state index in [0.717, 1.165) is 0 Å². The molecule has 0 nitrogen and oxygen atoms in total. The first-order valence-electron chi connectivity index (χ1n) is 23.2. The summed E-state index contributed by atoms with van der Waals surface area (Å²) in [7, 11) is 0. The van der Waals surface area contributed by atoms with E-state index in [-0.39, 0.29) is 0 Å². The lowest BCUT2D eigenvalue weighted by Crippen LogP contribution is -1.91. The van der Waals surface area contributed by atoms with Gasteiger partial charge in [-0.25, -0.2) is 0 Å². The molecule has 8 aromatic rings. The van der Waals surface area contributed by atoms with Gasteiger partial charge in [-0.05, 0) is 88.2 Å². The maximum absolute atomic E-state index is 9.58. The van der Waals surface area contributed by atoms with Crippen molar-refractivity contribution in [2.75, 3.05) is 0 Å². The van der Waals surface area contributed by atoms with Crippen LogP contribution in [-0.2, 0) is 0 Å². The van der Waals surface area contributed by atoms with E-state index in [1.807, 2.05) is 0 Å². The second-order valence-electron chi connectivity index (χ2n) is 8.25. The Balaban J connectivity index is 1.76. The quantitative estimate of drug-likeness (QED) is 0.162. The van der Waals surface area contributed by atoms with E-state index in [0.29, 0.717) is 0 Å². The standard InChI is InChI=1S/C38H24/c1-2-11-27-23-29(20-17-25(27)9-1)37-33-13-5-7-15-35(33)38(36-16-8-6-14-34(36)37)30-21-22-32-28(24-30)19-18-26-10-3-4-12-31(26)32/h1-24H/i1D,2D,3D,4D,5D,6D,7D,8D,9D,10D,11D,12D,13D,14D,15D,16D,17D,18D,19D,20D,21D,22D,23D,24D. The Kier molecular flexibility index (Phi) is 1.81. The fraction of sp³-hybridized carbons (Fsp3) is 0. The summed E-state index contributed by atoms with van der Waals surface area (Å²) >= 11 is 0. The Morgan fingerprint density at radius 3 is 1.32 bits per heavy atom. The molecule has 0 spiro atoms. The van der Waals surface area contributed by atoms with Gasteiger partial charge in [0.2, 0.25) is 0 Å². The van der Waals surface area contributed by atoms with Gasteiger partial charge in [-0.1, -0.05) is 133 Å². The zero-order valence-electron chi connectivity index (χ0n) is 43.0. The van der Waals surface area contributed by atoms with Gasteiger partial charge in [-0.3, -0.25) is 0 Å². The summed E-state index contributed by atoms with van der Waals surface area (Å²) in [4.78, 5) is 0. The topological polar surface area (TPSA) is 0 Å². The van der Waals surface area contributed by atoms with Gasteiger partial charge in [-0.2, -0.15) is 0 Å². The van der Waals surface area contributed by atoms with Crippen LogP contribution in [0.15, 0.2) is 145 Å². The molecule has 0 aliphatic heterocycles. The highest BCUT2D eigenvalue weighted by Gasteiger charge is 2.17. The van der Waals surface area contributed by atoms with Gasteiger partial charge in [0, 0.05) is 0 Å². The zero-order chi connectivity index (χ0) is 45.9. The van der Waals surface area contributed by atoms with Crippen LogP contribution in [0.2, 0.25) is 0 Å². The highest BCUT2D eigenvalue weighted by atomic mass is 14.2. The SMILES string of the molecule is [2H]c1c([2H])c([2H])c2c([2H])c(-c3c4c([2H])c([2H])c([2H])c([2H])c4c(-c4c([2H])c([2H])c5c(c4[2H])c([2H])c([2H])c4c([2H])c([2H])c([2H])c([2H])c45)c4c([2H])c([2H])c([2H])c([2H])c34)c([2H])c([2H])c2c1[2H]. The first kappa shape index (κ1) is 8.28. The molecule has 0 bridgehead atoms. The molecular formula is C38H24. The summed E-state index contributed by atoms with van der Waals surface area (Å²) in [5, 5.41) is -5.90. The van der Waals surface area contributed by atoms with Gasteiger partial charge in [0.25, 0.3) is 0 Å². The van der Waals surface area contributed by atoms with E-state index in [1.54, 1.807) is 0 Å². The average Bonchev–Trinajstić information content (AvgIpc) is 3.23. The van der Waals surface area contributed by atoms with Crippen LogP contribution in [-0.4, -0.2) is 0 Å². The van der Waals surface area contributed by atoms with Gasteiger partial charge in [0.15, 0.2) is 0 Å². The summed E-state index contributed by atoms with van der Waals surface area (Å²) in [6, 6.07) is -20.8. The Morgan fingerprint density at radius 1 is 0.289 bits per heavy atom. The molecule has 0 atom stereocenters. The van der Waals surface area contributed by atoms with Gasteiger partial charge >= 0.3 is 0 Å². The van der Waals surface area contributed by atoms with Crippen molar-refractivity contribution in [2.24, 2.45) is 0 Å². The minimum Gasteiger partial charge on any atom is -0.0616 e. The van der Waals surface area contributed by atoms with Gasteiger partial charge < -0.3 is 0 Å². The third-order valence-electron chi connectivity index (χ3n) is 6.19. The van der Waals surface area contributed by atoms with E-state index in [2.05, 4.69) is 0 Å². The molecule has 0 aromatic heterocycles. The van der Waals surface area contributed by atoms with E-state index < -0.39 is 221 Å². The molecule has 0 amide bonds. The molecule has 176 valence electrons. The van der Waals surface area contributed by atoms with Gasteiger partial charge in [-0.15, -0.1) is 0 Å². The minimum absolute atomic E-state index is 0.467. The maximum Gasteiger partial charge on any atom is 0.0636 e. The summed E-state index contributed by atoms with van der Waals surface area (Å²) in [6.07, 6.45) is 0. The number of benzene rings is 8. The molecule has 8 rings (SSSR count). The highest BCUT2D eigenvalue weighted by molar-refractivity contribution is 6.22. The lowest BCUT2D eigenvalue weighted by Gasteiger charge is -2.18. The number of fused-ring (bicyclic) bond motifs is 6. The van der Waals surface area contributed by atoms with Crippen molar-refractivity contribution in [3.8, 4) is 22.3 Å². The van der Waals surface area contributed by atoms with E-state index in [9.17, 15) is 12.3 Å². The first-order chi connectivity index (χ1) is 28.9. The van der Waals surface area contributed by atoms with Crippen LogP contribution in [0.5, 0.6) is 0 Å². The predicted molar refractivity (Wildman–Crippen MR) is 165 cm³/mol. The number of rotatable bonds is 2. The van der Waals surface area contributed by atoms with Crippen molar-refractivity contribution in [3.63, 3.8) is 0 Å². The number of hydrogen-bond acceptors (Lipinski definition) is 0. The molecule has 0 radical (unpaired) electrons. The van der Waals surface area contributed by atoms with Crippen molar-refractivity contribution in [1.29, 1.82) is 0 Å². The summed E-state index contributed by atoms with van der Waals surface area (Å²) in [5.41, 5.74) is -2.81. The molecule has 0 saturated heterocycles. The van der Waals surface area contributed by atoms with Crippen LogP contribution < -0.4 is 0 Å². The van der Waals surface area contributed by atoms with Crippen molar-refractivity contribution in [2.45, 2.75) is 0 Å². The van der Waals surface area contributed by atoms with Crippen LogP contribution in [0.4, 0.5) is 0 Å². The normalized spacial score (nSPS) is 20.5. The van der Waals surface area contributed by atoms with E-state index in [4.69, 9.17) is 20.6 Å². The molecule has 8 aromatic carbocycles. The molecule has 0 heterocycles. The smallest absolute Gasteiger partial charge is 0.0616 e. The van der Waals surface area contributed by atoms with E-state index >= 15 is 0 Å². The Hall–Kier alpha value is -4.94.